The monoisotopic (exact) mass is 492 g/mol. The van der Waals surface area contributed by atoms with Crippen LogP contribution in [0, 0.1) is 0 Å². The predicted octanol–water partition coefficient (Wildman–Crippen LogP) is 5.19. The molecule has 0 bridgehead atoms. The van der Waals surface area contributed by atoms with E-state index in [0.29, 0.717) is 18.9 Å². The molecule has 1 aliphatic heterocycles. The first-order valence-corrected chi connectivity index (χ1v) is 12.9. The van der Waals surface area contributed by atoms with Gasteiger partial charge >= 0.3 is 0 Å². The van der Waals surface area contributed by atoms with Crippen LogP contribution in [-0.4, -0.2) is 39.3 Å². The highest BCUT2D eigenvalue weighted by atomic mass is 16.2. The van der Waals surface area contributed by atoms with E-state index in [4.69, 9.17) is 4.98 Å². The van der Waals surface area contributed by atoms with Gasteiger partial charge in [-0.15, -0.1) is 0 Å². The summed E-state index contributed by atoms with van der Waals surface area (Å²) in [5.41, 5.74) is 4.68. The van der Waals surface area contributed by atoms with Crippen molar-refractivity contribution in [3.63, 3.8) is 0 Å². The van der Waals surface area contributed by atoms with Gasteiger partial charge in [-0.05, 0) is 53.6 Å². The van der Waals surface area contributed by atoms with E-state index < -0.39 is 12.1 Å². The minimum atomic E-state index is -0.498. The van der Waals surface area contributed by atoms with Gasteiger partial charge < -0.3 is 10.2 Å². The minimum absolute atomic E-state index is 0.0373. The third-order valence-corrected chi connectivity index (χ3v) is 7.14. The fraction of sp³-hybridized carbons (Fsp3) is 0.290. The Labute approximate surface area is 217 Å². The quantitative estimate of drug-likeness (QED) is 0.385. The first kappa shape index (κ1) is 24.6. The van der Waals surface area contributed by atoms with Crippen LogP contribution in [0.15, 0.2) is 85.2 Å². The second-order valence-corrected chi connectivity index (χ2v) is 9.93. The molecule has 1 fully saturated rings. The Kier molecular flexibility index (Phi) is 7.26. The van der Waals surface area contributed by atoms with Gasteiger partial charge in [-0.3, -0.25) is 19.6 Å². The number of likely N-dealkylation sites (tertiary alicyclic amines) is 1. The van der Waals surface area contributed by atoms with Crippen molar-refractivity contribution in [2.75, 3.05) is 6.54 Å². The van der Waals surface area contributed by atoms with Crippen molar-refractivity contribution in [1.82, 2.24) is 20.2 Å². The number of fused-ring (bicyclic) bond motifs is 1. The SMILES string of the molecule is CC(C)c1ccc([C@@H](NC(=O)[C@@H]2CCCN2C(=O)Cc2cccc3ncccc23)c2ccccc2)nc1. The topological polar surface area (TPSA) is 75.2 Å². The molecule has 2 amide bonds. The number of pyridine rings is 2. The summed E-state index contributed by atoms with van der Waals surface area (Å²) in [7, 11) is 0. The molecule has 2 atom stereocenters. The van der Waals surface area contributed by atoms with Crippen molar-refractivity contribution >= 4 is 22.7 Å². The van der Waals surface area contributed by atoms with Crippen LogP contribution < -0.4 is 5.32 Å². The minimum Gasteiger partial charge on any atom is -0.342 e. The lowest BCUT2D eigenvalue weighted by atomic mass is 10.00. The molecule has 3 heterocycles. The van der Waals surface area contributed by atoms with Crippen molar-refractivity contribution in [3.05, 3.63) is 108 Å². The predicted molar refractivity (Wildman–Crippen MR) is 145 cm³/mol. The Morgan fingerprint density at radius 3 is 2.54 bits per heavy atom. The Morgan fingerprint density at radius 2 is 1.78 bits per heavy atom. The average Bonchev–Trinajstić information content (AvgIpc) is 3.43. The number of nitrogens with zero attached hydrogens (tertiary/aromatic N) is 3. The summed E-state index contributed by atoms with van der Waals surface area (Å²) in [6.45, 7) is 4.85. The molecule has 0 aliphatic carbocycles. The van der Waals surface area contributed by atoms with E-state index >= 15 is 0 Å². The van der Waals surface area contributed by atoms with Crippen molar-refractivity contribution in [2.24, 2.45) is 0 Å². The zero-order chi connectivity index (χ0) is 25.8. The van der Waals surface area contributed by atoms with E-state index in [-0.39, 0.29) is 18.2 Å². The number of rotatable bonds is 7. The van der Waals surface area contributed by atoms with Crippen LogP contribution in [0.4, 0.5) is 0 Å². The summed E-state index contributed by atoms with van der Waals surface area (Å²) < 4.78 is 0. The molecule has 2 aromatic heterocycles. The molecule has 188 valence electrons. The summed E-state index contributed by atoms with van der Waals surface area (Å²) in [4.78, 5) is 37.9. The Bertz CT molecular complexity index is 1380. The average molecular weight is 493 g/mol. The molecule has 5 rings (SSSR count). The van der Waals surface area contributed by atoms with Crippen LogP contribution in [0.5, 0.6) is 0 Å². The molecule has 0 radical (unpaired) electrons. The smallest absolute Gasteiger partial charge is 0.243 e. The molecular weight excluding hydrogens is 460 g/mol. The summed E-state index contributed by atoms with van der Waals surface area (Å²) in [5.74, 6) is 0.195. The van der Waals surface area contributed by atoms with Gasteiger partial charge in [0.15, 0.2) is 0 Å². The number of benzene rings is 2. The second kappa shape index (κ2) is 10.9. The van der Waals surface area contributed by atoms with E-state index in [9.17, 15) is 9.59 Å². The van der Waals surface area contributed by atoms with Crippen LogP contribution in [0.2, 0.25) is 0 Å². The van der Waals surface area contributed by atoms with E-state index in [1.807, 2.05) is 72.9 Å². The Balaban J connectivity index is 1.36. The number of amides is 2. The molecule has 6 nitrogen and oxygen atoms in total. The van der Waals surface area contributed by atoms with Crippen LogP contribution >= 0.6 is 0 Å². The van der Waals surface area contributed by atoms with Crippen molar-refractivity contribution in [2.45, 2.75) is 51.1 Å². The number of carbonyl (C=O) groups is 2. The largest absolute Gasteiger partial charge is 0.342 e. The van der Waals surface area contributed by atoms with Gasteiger partial charge in [-0.1, -0.05) is 68.4 Å². The standard InChI is InChI=1S/C31H32N4O2/c1-21(2)24-15-16-27(33-20-24)30(22-9-4-3-5-10-22)34-31(37)28-14-8-18-35(28)29(36)19-23-11-6-13-26-25(23)12-7-17-32-26/h3-7,9-13,15-17,20-21,28,30H,8,14,18-19H2,1-2H3,(H,34,37)/t28-,30-/m0/s1. The molecule has 1 aliphatic rings. The van der Waals surface area contributed by atoms with Crippen molar-refractivity contribution in [3.8, 4) is 0 Å². The molecule has 4 aromatic rings. The molecular formula is C31H32N4O2. The molecule has 37 heavy (non-hydrogen) atoms. The van der Waals surface area contributed by atoms with Crippen LogP contribution in [-0.2, 0) is 16.0 Å². The molecule has 2 aromatic carbocycles. The fourth-order valence-electron chi connectivity index (χ4n) is 5.06. The van der Waals surface area contributed by atoms with Crippen LogP contribution in [0.25, 0.3) is 10.9 Å². The van der Waals surface area contributed by atoms with E-state index in [1.54, 1.807) is 11.1 Å². The number of nitrogens with one attached hydrogen (secondary N) is 1. The second-order valence-electron chi connectivity index (χ2n) is 9.93. The maximum Gasteiger partial charge on any atom is 0.243 e. The van der Waals surface area contributed by atoms with Crippen molar-refractivity contribution < 1.29 is 9.59 Å². The van der Waals surface area contributed by atoms with Gasteiger partial charge in [-0.25, -0.2) is 0 Å². The van der Waals surface area contributed by atoms with E-state index in [0.717, 1.165) is 39.7 Å². The summed E-state index contributed by atoms with van der Waals surface area (Å²) in [6, 6.07) is 22.7. The number of hydrogen-bond acceptors (Lipinski definition) is 4. The van der Waals surface area contributed by atoms with Gasteiger partial charge in [0.1, 0.15) is 6.04 Å². The van der Waals surface area contributed by atoms with E-state index in [2.05, 4.69) is 30.2 Å². The molecule has 1 N–H and O–H groups in total. The molecule has 1 saturated heterocycles. The number of carbonyl (C=O) groups excluding carboxylic acids is 2. The van der Waals surface area contributed by atoms with E-state index in [1.165, 1.54) is 0 Å². The highest BCUT2D eigenvalue weighted by Gasteiger charge is 2.35. The zero-order valence-corrected chi connectivity index (χ0v) is 21.3. The van der Waals surface area contributed by atoms with Gasteiger partial charge in [0.05, 0.1) is 23.7 Å². The number of aromatic nitrogens is 2. The van der Waals surface area contributed by atoms with Gasteiger partial charge in [0, 0.05) is 24.3 Å². The van der Waals surface area contributed by atoms with Crippen LogP contribution in [0.3, 0.4) is 0 Å². The Hall–Kier alpha value is -4.06. The van der Waals surface area contributed by atoms with Gasteiger partial charge in [0.25, 0.3) is 0 Å². The van der Waals surface area contributed by atoms with Crippen molar-refractivity contribution in [1.29, 1.82) is 0 Å². The fourth-order valence-corrected chi connectivity index (χ4v) is 5.06. The first-order valence-electron chi connectivity index (χ1n) is 12.9. The van der Waals surface area contributed by atoms with Crippen LogP contribution in [0.1, 0.15) is 61.0 Å². The normalized spacial score (nSPS) is 16.2. The molecule has 0 spiro atoms. The number of hydrogen-bond donors (Lipinski definition) is 1. The Morgan fingerprint density at radius 1 is 0.946 bits per heavy atom. The zero-order valence-electron chi connectivity index (χ0n) is 21.3. The van der Waals surface area contributed by atoms with Gasteiger partial charge in [0.2, 0.25) is 11.8 Å². The first-order chi connectivity index (χ1) is 18.0. The maximum atomic E-state index is 13.6. The molecule has 6 heteroatoms. The summed E-state index contributed by atoms with van der Waals surface area (Å²) in [5, 5.41) is 4.18. The lowest BCUT2D eigenvalue weighted by Gasteiger charge is -2.27. The molecule has 0 unspecified atom stereocenters. The third-order valence-electron chi connectivity index (χ3n) is 7.14. The lowest BCUT2D eigenvalue weighted by molar-refractivity contribution is -0.138. The summed E-state index contributed by atoms with van der Waals surface area (Å²) >= 11 is 0. The molecule has 0 saturated carbocycles. The summed E-state index contributed by atoms with van der Waals surface area (Å²) in [6.07, 6.45) is 5.33. The van der Waals surface area contributed by atoms with Gasteiger partial charge in [-0.2, -0.15) is 0 Å². The lowest BCUT2D eigenvalue weighted by Crippen LogP contribution is -2.47. The highest BCUT2D eigenvalue weighted by molar-refractivity contribution is 5.92. The highest BCUT2D eigenvalue weighted by Crippen LogP contribution is 2.26. The third kappa shape index (κ3) is 5.38. The maximum absolute atomic E-state index is 13.6.